The van der Waals surface area contributed by atoms with Gasteiger partial charge in [-0.25, -0.2) is 8.42 Å². The Morgan fingerprint density at radius 1 is 1.26 bits per heavy atom. The molecule has 1 heterocycles. The van der Waals surface area contributed by atoms with Crippen LogP contribution in [0, 0.1) is 13.8 Å². The minimum absolute atomic E-state index is 0. The number of piperazine rings is 1. The summed E-state index contributed by atoms with van der Waals surface area (Å²) < 4.78 is 26.6. The van der Waals surface area contributed by atoms with E-state index in [1.807, 2.05) is 26.8 Å². The maximum atomic E-state index is 12.5. The van der Waals surface area contributed by atoms with Gasteiger partial charge in [-0.3, -0.25) is 0 Å². The van der Waals surface area contributed by atoms with Gasteiger partial charge in [0.05, 0.1) is 4.90 Å². The average Bonchev–Trinajstić information content (AvgIpc) is 2.32. The summed E-state index contributed by atoms with van der Waals surface area (Å²) in [7, 11) is -3.34. The van der Waals surface area contributed by atoms with Crippen molar-refractivity contribution in [3.05, 3.63) is 29.3 Å². The molecule has 1 fully saturated rings. The molecule has 1 aliphatic rings. The lowest BCUT2D eigenvalue weighted by Gasteiger charge is -2.31. The van der Waals surface area contributed by atoms with Crippen molar-refractivity contribution in [3.8, 4) is 0 Å². The number of benzene rings is 1. The second-order valence-corrected chi connectivity index (χ2v) is 6.90. The Labute approximate surface area is 121 Å². The van der Waals surface area contributed by atoms with Gasteiger partial charge < -0.3 is 5.32 Å². The SMILES string of the molecule is Cc1ccc(S(=O)(=O)N2CCN[C@@H](C)C2)cc1C.Cl. The van der Waals surface area contributed by atoms with E-state index in [2.05, 4.69) is 5.32 Å². The largest absolute Gasteiger partial charge is 0.312 e. The van der Waals surface area contributed by atoms with Gasteiger partial charge in [0.15, 0.2) is 0 Å². The molecule has 1 aromatic carbocycles. The highest BCUT2D eigenvalue weighted by Gasteiger charge is 2.28. The first-order valence-electron chi connectivity index (χ1n) is 6.22. The molecule has 1 aromatic rings. The number of nitrogens with zero attached hydrogens (tertiary/aromatic N) is 1. The predicted octanol–water partition coefficient (Wildman–Crippen LogP) is 1.71. The monoisotopic (exact) mass is 304 g/mol. The van der Waals surface area contributed by atoms with Crippen LogP contribution in [0.3, 0.4) is 0 Å². The smallest absolute Gasteiger partial charge is 0.243 e. The van der Waals surface area contributed by atoms with Crippen molar-refractivity contribution in [1.82, 2.24) is 9.62 Å². The summed E-state index contributed by atoms with van der Waals surface area (Å²) in [6.07, 6.45) is 0. The van der Waals surface area contributed by atoms with Gasteiger partial charge in [0.2, 0.25) is 10.0 Å². The van der Waals surface area contributed by atoms with Gasteiger partial charge in [0.25, 0.3) is 0 Å². The summed E-state index contributed by atoms with van der Waals surface area (Å²) >= 11 is 0. The highest BCUT2D eigenvalue weighted by molar-refractivity contribution is 7.89. The second-order valence-electron chi connectivity index (χ2n) is 4.96. The third-order valence-electron chi connectivity index (χ3n) is 3.45. The van der Waals surface area contributed by atoms with Gasteiger partial charge in [0, 0.05) is 25.7 Å². The fourth-order valence-electron chi connectivity index (χ4n) is 2.14. The number of nitrogens with one attached hydrogen (secondary N) is 1. The molecule has 0 radical (unpaired) electrons. The molecule has 6 heteroatoms. The van der Waals surface area contributed by atoms with E-state index in [1.54, 1.807) is 16.4 Å². The minimum atomic E-state index is -3.34. The van der Waals surface area contributed by atoms with E-state index in [4.69, 9.17) is 0 Å². The van der Waals surface area contributed by atoms with Crippen molar-refractivity contribution in [2.24, 2.45) is 0 Å². The maximum absolute atomic E-state index is 12.5. The molecule has 1 saturated heterocycles. The lowest BCUT2D eigenvalue weighted by atomic mass is 10.1. The van der Waals surface area contributed by atoms with Crippen LogP contribution in [0.1, 0.15) is 18.1 Å². The molecule has 1 N–H and O–H groups in total. The second kappa shape index (κ2) is 6.22. The Kier molecular flexibility index (Phi) is 5.38. The highest BCUT2D eigenvalue weighted by atomic mass is 35.5. The topological polar surface area (TPSA) is 49.4 Å². The fraction of sp³-hybridized carbons (Fsp3) is 0.538. The van der Waals surface area contributed by atoms with E-state index in [0.717, 1.165) is 11.1 Å². The van der Waals surface area contributed by atoms with E-state index >= 15 is 0 Å². The number of sulfonamides is 1. The summed E-state index contributed by atoms with van der Waals surface area (Å²) in [5, 5.41) is 3.25. The van der Waals surface area contributed by atoms with Crippen molar-refractivity contribution >= 4 is 22.4 Å². The van der Waals surface area contributed by atoms with Crippen LogP contribution in [0.15, 0.2) is 23.1 Å². The number of rotatable bonds is 2. The Balaban J connectivity index is 0.00000180. The first kappa shape index (κ1) is 16.4. The van der Waals surface area contributed by atoms with Crippen molar-refractivity contribution in [2.45, 2.75) is 31.7 Å². The van der Waals surface area contributed by atoms with E-state index in [0.29, 0.717) is 24.5 Å². The quantitative estimate of drug-likeness (QED) is 0.905. The summed E-state index contributed by atoms with van der Waals surface area (Å²) in [5.41, 5.74) is 2.13. The third-order valence-corrected chi connectivity index (χ3v) is 5.31. The Bertz CT molecular complexity index is 546. The van der Waals surface area contributed by atoms with Crippen LogP contribution in [-0.4, -0.2) is 38.4 Å². The zero-order valence-corrected chi connectivity index (χ0v) is 13.1. The zero-order valence-electron chi connectivity index (χ0n) is 11.5. The van der Waals surface area contributed by atoms with E-state index in [-0.39, 0.29) is 18.4 Å². The number of aryl methyl sites for hydroxylation is 2. The summed E-state index contributed by atoms with van der Waals surface area (Å²) in [5.74, 6) is 0. The van der Waals surface area contributed by atoms with Crippen LogP contribution in [0.5, 0.6) is 0 Å². The van der Waals surface area contributed by atoms with Gasteiger partial charge >= 0.3 is 0 Å². The van der Waals surface area contributed by atoms with Crippen molar-refractivity contribution in [2.75, 3.05) is 19.6 Å². The molecular formula is C13H21ClN2O2S. The van der Waals surface area contributed by atoms with Crippen LogP contribution < -0.4 is 5.32 Å². The van der Waals surface area contributed by atoms with E-state index in [1.165, 1.54) is 0 Å². The van der Waals surface area contributed by atoms with Crippen LogP contribution in [0.2, 0.25) is 0 Å². The molecule has 0 aliphatic carbocycles. The first-order valence-corrected chi connectivity index (χ1v) is 7.66. The molecule has 19 heavy (non-hydrogen) atoms. The van der Waals surface area contributed by atoms with Crippen molar-refractivity contribution in [3.63, 3.8) is 0 Å². The zero-order chi connectivity index (χ0) is 13.3. The molecule has 0 amide bonds. The Morgan fingerprint density at radius 2 is 1.95 bits per heavy atom. The minimum Gasteiger partial charge on any atom is -0.312 e. The van der Waals surface area contributed by atoms with Crippen LogP contribution in [-0.2, 0) is 10.0 Å². The van der Waals surface area contributed by atoms with Crippen molar-refractivity contribution in [1.29, 1.82) is 0 Å². The molecular weight excluding hydrogens is 284 g/mol. The van der Waals surface area contributed by atoms with Gasteiger partial charge in [-0.2, -0.15) is 4.31 Å². The lowest BCUT2D eigenvalue weighted by Crippen LogP contribution is -2.51. The van der Waals surface area contributed by atoms with Crippen molar-refractivity contribution < 1.29 is 8.42 Å². The summed E-state index contributed by atoms with van der Waals surface area (Å²) in [4.78, 5) is 0.403. The molecule has 0 aromatic heterocycles. The fourth-order valence-corrected chi connectivity index (χ4v) is 3.75. The Hall–Kier alpha value is -0.620. The molecule has 0 spiro atoms. The van der Waals surface area contributed by atoms with Gasteiger partial charge in [-0.1, -0.05) is 6.07 Å². The molecule has 0 unspecified atom stereocenters. The first-order chi connectivity index (χ1) is 8.41. The van der Waals surface area contributed by atoms with Gasteiger partial charge in [0.1, 0.15) is 0 Å². The molecule has 0 bridgehead atoms. The standard InChI is InChI=1S/C13H20N2O2S.ClH/c1-10-4-5-13(8-11(10)2)18(16,17)15-7-6-14-12(3)9-15;/h4-5,8,12,14H,6-7,9H2,1-3H3;1H/t12-;/m0./s1. The molecule has 0 saturated carbocycles. The third kappa shape index (κ3) is 3.48. The average molecular weight is 305 g/mol. The molecule has 1 aliphatic heterocycles. The maximum Gasteiger partial charge on any atom is 0.243 e. The number of halogens is 1. The normalized spacial score (nSPS) is 20.9. The lowest BCUT2D eigenvalue weighted by molar-refractivity contribution is 0.310. The highest BCUT2D eigenvalue weighted by Crippen LogP contribution is 2.20. The van der Waals surface area contributed by atoms with Gasteiger partial charge in [-0.15, -0.1) is 12.4 Å². The van der Waals surface area contributed by atoms with Crippen LogP contribution in [0.4, 0.5) is 0 Å². The molecule has 4 nitrogen and oxygen atoms in total. The number of hydrogen-bond donors (Lipinski definition) is 1. The van der Waals surface area contributed by atoms with Crippen LogP contribution in [0.25, 0.3) is 0 Å². The number of hydrogen-bond acceptors (Lipinski definition) is 3. The van der Waals surface area contributed by atoms with Gasteiger partial charge in [-0.05, 0) is 44.0 Å². The predicted molar refractivity (Wildman–Crippen MR) is 79.4 cm³/mol. The van der Waals surface area contributed by atoms with E-state index < -0.39 is 10.0 Å². The molecule has 108 valence electrons. The summed E-state index contributed by atoms with van der Waals surface area (Å²) in [6.45, 7) is 7.72. The van der Waals surface area contributed by atoms with E-state index in [9.17, 15) is 8.42 Å². The molecule has 1 atom stereocenters. The van der Waals surface area contributed by atoms with Crippen LogP contribution >= 0.6 is 12.4 Å². The molecule has 2 rings (SSSR count). The summed E-state index contributed by atoms with van der Waals surface area (Å²) in [6, 6.07) is 5.54. The Morgan fingerprint density at radius 3 is 2.53 bits per heavy atom.